The fourth-order valence-corrected chi connectivity index (χ4v) is 2.52. The standard InChI is InChI=1S/C21H23N3O5/c1-13(2)20-23-21(29-24-20)14-5-7-15(8-6-14)28-12-19(25)22-17-10-9-16(26-3)11-18(17)27-4/h5-11,13H,12H2,1-4H3,(H,22,25). The second-order valence-electron chi connectivity index (χ2n) is 6.54. The van der Waals surface area contributed by atoms with Gasteiger partial charge < -0.3 is 24.1 Å². The fourth-order valence-electron chi connectivity index (χ4n) is 2.52. The Kier molecular flexibility index (Phi) is 6.33. The van der Waals surface area contributed by atoms with E-state index < -0.39 is 0 Å². The third-order valence-electron chi connectivity index (χ3n) is 4.11. The first kappa shape index (κ1) is 20.2. The predicted octanol–water partition coefficient (Wildman–Crippen LogP) is 3.89. The van der Waals surface area contributed by atoms with Crippen LogP contribution >= 0.6 is 0 Å². The van der Waals surface area contributed by atoms with Gasteiger partial charge in [-0.3, -0.25) is 4.79 Å². The number of rotatable bonds is 8. The first-order valence-electron chi connectivity index (χ1n) is 9.09. The van der Waals surface area contributed by atoms with Crippen LogP contribution in [0.15, 0.2) is 47.0 Å². The molecule has 0 aliphatic rings. The van der Waals surface area contributed by atoms with Crippen LogP contribution in [0, 0.1) is 0 Å². The summed E-state index contributed by atoms with van der Waals surface area (Å²) in [6, 6.07) is 12.2. The van der Waals surface area contributed by atoms with Gasteiger partial charge in [0, 0.05) is 17.5 Å². The quantitative estimate of drug-likeness (QED) is 0.616. The molecular formula is C21H23N3O5. The summed E-state index contributed by atoms with van der Waals surface area (Å²) in [7, 11) is 3.09. The molecule has 0 saturated heterocycles. The lowest BCUT2D eigenvalue weighted by atomic mass is 10.2. The minimum absolute atomic E-state index is 0.146. The Labute approximate surface area is 168 Å². The molecule has 8 nitrogen and oxygen atoms in total. The molecule has 0 fully saturated rings. The minimum Gasteiger partial charge on any atom is -0.497 e. The normalized spacial score (nSPS) is 10.7. The van der Waals surface area contributed by atoms with E-state index in [4.69, 9.17) is 18.7 Å². The van der Waals surface area contributed by atoms with E-state index in [1.807, 2.05) is 13.8 Å². The summed E-state index contributed by atoms with van der Waals surface area (Å²) in [6.45, 7) is 3.85. The Morgan fingerprint density at radius 3 is 2.41 bits per heavy atom. The number of nitrogens with one attached hydrogen (secondary N) is 1. The van der Waals surface area contributed by atoms with Crippen LogP contribution in [0.5, 0.6) is 17.2 Å². The number of methoxy groups -OCH3 is 2. The Hall–Kier alpha value is -3.55. The second-order valence-corrected chi connectivity index (χ2v) is 6.54. The Morgan fingerprint density at radius 1 is 1.07 bits per heavy atom. The maximum Gasteiger partial charge on any atom is 0.262 e. The van der Waals surface area contributed by atoms with E-state index in [2.05, 4.69) is 15.5 Å². The summed E-state index contributed by atoms with van der Waals surface area (Å²) in [4.78, 5) is 16.6. The van der Waals surface area contributed by atoms with Crippen LogP contribution in [-0.4, -0.2) is 36.9 Å². The lowest BCUT2D eigenvalue weighted by Crippen LogP contribution is -2.20. The zero-order valence-corrected chi connectivity index (χ0v) is 16.8. The highest BCUT2D eigenvalue weighted by Crippen LogP contribution is 2.29. The molecular weight excluding hydrogens is 374 g/mol. The van der Waals surface area contributed by atoms with Crippen LogP contribution in [0.2, 0.25) is 0 Å². The molecule has 0 atom stereocenters. The molecule has 1 amide bonds. The molecule has 152 valence electrons. The summed E-state index contributed by atoms with van der Waals surface area (Å²) in [5.74, 6) is 2.68. The predicted molar refractivity (Wildman–Crippen MR) is 107 cm³/mol. The monoisotopic (exact) mass is 397 g/mol. The first-order chi connectivity index (χ1) is 14.0. The number of carbonyl (C=O) groups is 1. The van der Waals surface area contributed by atoms with Crippen molar-refractivity contribution in [3.05, 3.63) is 48.3 Å². The van der Waals surface area contributed by atoms with Gasteiger partial charge in [0.2, 0.25) is 0 Å². The van der Waals surface area contributed by atoms with E-state index in [0.29, 0.717) is 34.7 Å². The van der Waals surface area contributed by atoms with Crippen molar-refractivity contribution in [3.8, 4) is 28.7 Å². The summed E-state index contributed by atoms with van der Waals surface area (Å²) in [6.07, 6.45) is 0. The second kappa shape index (κ2) is 9.09. The largest absolute Gasteiger partial charge is 0.497 e. The molecule has 0 unspecified atom stereocenters. The fraction of sp³-hybridized carbons (Fsp3) is 0.286. The molecule has 1 N–H and O–H groups in total. The van der Waals surface area contributed by atoms with E-state index in [-0.39, 0.29) is 18.4 Å². The average molecular weight is 397 g/mol. The topological polar surface area (TPSA) is 95.7 Å². The Balaban J connectivity index is 1.58. The number of nitrogens with zero attached hydrogens (tertiary/aromatic N) is 2. The number of amides is 1. The number of hydrogen-bond donors (Lipinski definition) is 1. The number of benzene rings is 2. The van der Waals surface area contributed by atoms with Gasteiger partial charge >= 0.3 is 0 Å². The van der Waals surface area contributed by atoms with Crippen molar-refractivity contribution in [2.45, 2.75) is 19.8 Å². The lowest BCUT2D eigenvalue weighted by Gasteiger charge is -2.12. The molecule has 1 aromatic heterocycles. The molecule has 3 rings (SSSR count). The van der Waals surface area contributed by atoms with Gasteiger partial charge in [0.15, 0.2) is 12.4 Å². The molecule has 3 aromatic rings. The van der Waals surface area contributed by atoms with E-state index in [1.165, 1.54) is 7.11 Å². The first-order valence-corrected chi connectivity index (χ1v) is 9.09. The van der Waals surface area contributed by atoms with Gasteiger partial charge in [-0.1, -0.05) is 19.0 Å². The number of carbonyl (C=O) groups excluding carboxylic acids is 1. The molecule has 0 bridgehead atoms. The van der Waals surface area contributed by atoms with Crippen molar-refractivity contribution >= 4 is 11.6 Å². The highest BCUT2D eigenvalue weighted by atomic mass is 16.5. The zero-order valence-electron chi connectivity index (χ0n) is 16.8. The minimum atomic E-state index is -0.309. The van der Waals surface area contributed by atoms with E-state index in [0.717, 1.165) is 5.56 Å². The number of anilines is 1. The lowest BCUT2D eigenvalue weighted by molar-refractivity contribution is -0.118. The number of aromatic nitrogens is 2. The molecule has 0 aliphatic heterocycles. The maximum atomic E-state index is 12.2. The highest BCUT2D eigenvalue weighted by molar-refractivity contribution is 5.93. The Morgan fingerprint density at radius 2 is 1.79 bits per heavy atom. The van der Waals surface area contributed by atoms with E-state index >= 15 is 0 Å². The number of ether oxygens (including phenoxy) is 3. The van der Waals surface area contributed by atoms with Gasteiger partial charge in [-0.15, -0.1) is 0 Å². The van der Waals surface area contributed by atoms with Gasteiger partial charge in [0.1, 0.15) is 17.2 Å². The molecule has 29 heavy (non-hydrogen) atoms. The third-order valence-corrected chi connectivity index (χ3v) is 4.11. The molecule has 0 spiro atoms. The molecule has 0 saturated carbocycles. The van der Waals surface area contributed by atoms with Gasteiger partial charge in [-0.05, 0) is 36.4 Å². The van der Waals surface area contributed by atoms with E-state index in [1.54, 1.807) is 49.6 Å². The molecule has 1 heterocycles. The molecule has 2 aromatic carbocycles. The van der Waals surface area contributed by atoms with Crippen molar-refractivity contribution < 1.29 is 23.5 Å². The van der Waals surface area contributed by atoms with Gasteiger partial charge in [-0.25, -0.2) is 0 Å². The van der Waals surface area contributed by atoms with Crippen LogP contribution in [0.25, 0.3) is 11.5 Å². The Bertz CT molecular complexity index is 967. The highest BCUT2D eigenvalue weighted by Gasteiger charge is 2.12. The zero-order chi connectivity index (χ0) is 20.8. The van der Waals surface area contributed by atoms with Crippen LogP contribution in [0.3, 0.4) is 0 Å². The SMILES string of the molecule is COc1ccc(NC(=O)COc2ccc(-c3nc(C(C)C)no3)cc2)c(OC)c1. The maximum absolute atomic E-state index is 12.2. The van der Waals surface area contributed by atoms with Crippen LogP contribution < -0.4 is 19.5 Å². The molecule has 8 heteroatoms. The van der Waals surface area contributed by atoms with Crippen molar-refractivity contribution in [3.63, 3.8) is 0 Å². The van der Waals surface area contributed by atoms with Crippen LogP contribution in [-0.2, 0) is 4.79 Å². The average Bonchev–Trinajstić information content (AvgIpc) is 3.23. The summed E-state index contributed by atoms with van der Waals surface area (Å²) in [5.41, 5.74) is 1.32. The van der Waals surface area contributed by atoms with E-state index in [9.17, 15) is 4.79 Å². The van der Waals surface area contributed by atoms with Crippen molar-refractivity contribution in [1.29, 1.82) is 0 Å². The van der Waals surface area contributed by atoms with Gasteiger partial charge in [-0.2, -0.15) is 4.98 Å². The van der Waals surface area contributed by atoms with Crippen LogP contribution in [0.4, 0.5) is 5.69 Å². The van der Waals surface area contributed by atoms with Crippen molar-refractivity contribution in [2.24, 2.45) is 0 Å². The summed E-state index contributed by atoms with van der Waals surface area (Å²) < 4.78 is 21.2. The summed E-state index contributed by atoms with van der Waals surface area (Å²) in [5, 5.41) is 6.71. The van der Waals surface area contributed by atoms with Crippen LogP contribution in [0.1, 0.15) is 25.6 Å². The molecule has 0 radical (unpaired) electrons. The van der Waals surface area contributed by atoms with Crippen molar-refractivity contribution in [2.75, 3.05) is 26.1 Å². The molecule has 0 aliphatic carbocycles. The van der Waals surface area contributed by atoms with Crippen molar-refractivity contribution in [1.82, 2.24) is 10.1 Å². The smallest absolute Gasteiger partial charge is 0.262 e. The third kappa shape index (κ3) is 5.04. The van der Waals surface area contributed by atoms with Gasteiger partial charge in [0.25, 0.3) is 11.8 Å². The number of hydrogen-bond acceptors (Lipinski definition) is 7. The van der Waals surface area contributed by atoms with Gasteiger partial charge in [0.05, 0.1) is 19.9 Å². The summed E-state index contributed by atoms with van der Waals surface area (Å²) >= 11 is 0.